The molecular formula is C19H14N4O2. The highest BCUT2D eigenvalue weighted by Crippen LogP contribution is 2.19. The van der Waals surface area contributed by atoms with Crippen LogP contribution in [0.1, 0.15) is 5.56 Å². The van der Waals surface area contributed by atoms with E-state index in [1.54, 1.807) is 10.9 Å². The van der Waals surface area contributed by atoms with Crippen molar-refractivity contribution >= 4 is 0 Å². The molecule has 6 nitrogen and oxygen atoms in total. The lowest BCUT2D eigenvalue weighted by Crippen LogP contribution is -2.12. The third-order valence-electron chi connectivity index (χ3n) is 3.74. The number of nitrogens with zero attached hydrogens (tertiary/aromatic N) is 4. The molecule has 4 aromatic rings. The summed E-state index contributed by atoms with van der Waals surface area (Å²) in [5.74, 6) is 0.522. The van der Waals surface area contributed by atoms with Crippen LogP contribution in [0.25, 0.3) is 28.7 Å². The molecule has 0 aliphatic carbocycles. The quantitative estimate of drug-likeness (QED) is 0.576. The topological polar surface area (TPSA) is 73.8 Å². The summed E-state index contributed by atoms with van der Waals surface area (Å²) in [6.45, 7) is 2.00. The SMILES string of the molecule is Cc1cccc(-n2ccc(=O)c(-c3nc(-c4ccccc4)no3)n2)c1. The molecule has 0 aliphatic rings. The Kier molecular flexibility index (Phi) is 3.70. The molecule has 0 radical (unpaired) electrons. The summed E-state index contributed by atoms with van der Waals surface area (Å²) >= 11 is 0. The first kappa shape index (κ1) is 15.0. The first-order valence-corrected chi connectivity index (χ1v) is 7.77. The van der Waals surface area contributed by atoms with E-state index in [2.05, 4.69) is 15.2 Å². The zero-order valence-electron chi connectivity index (χ0n) is 13.5. The zero-order chi connectivity index (χ0) is 17.2. The molecule has 4 rings (SSSR count). The number of benzene rings is 2. The summed E-state index contributed by atoms with van der Waals surface area (Å²) in [6, 6.07) is 18.7. The summed E-state index contributed by atoms with van der Waals surface area (Å²) < 4.78 is 6.88. The van der Waals surface area contributed by atoms with Crippen molar-refractivity contribution in [3.8, 4) is 28.7 Å². The molecule has 0 unspecified atom stereocenters. The molecule has 0 saturated heterocycles. The van der Waals surface area contributed by atoms with Gasteiger partial charge in [0, 0.05) is 17.8 Å². The van der Waals surface area contributed by atoms with Crippen molar-refractivity contribution in [2.75, 3.05) is 0 Å². The highest BCUT2D eigenvalue weighted by Gasteiger charge is 2.15. The van der Waals surface area contributed by atoms with Gasteiger partial charge in [-0.2, -0.15) is 10.1 Å². The predicted octanol–water partition coefficient (Wildman–Crippen LogP) is 3.26. The Morgan fingerprint density at radius 2 is 1.84 bits per heavy atom. The largest absolute Gasteiger partial charge is 0.332 e. The molecule has 0 fully saturated rings. The molecule has 25 heavy (non-hydrogen) atoms. The van der Waals surface area contributed by atoms with Crippen molar-refractivity contribution in [2.45, 2.75) is 6.92 Å². The maximum atomic E-state index is 12.2. The van der Waals surface area contributed by atoms with Crippen molar-refractivity contribution in [2.24, 2.45) is 0 Å². The van der Waals surface area contributed by atoms with Gasteiger partial charge in [0.2, 0.25) is 11.3 Å². The zero-order valence-corrected chi connectivity index (χ0v) is 13.5. The molecule has 0 amide bonds. The van der Waals surface area contributed by atoms with Crippen molar-refractivity contribution in [1.82, 2.24) is 19.9 Å². The fourth-order valence-corrected chi connectivity index (χ4v) is 2.49. The summed E-state index contributed by atoms with van der Waals surface area (Å²) in [4.78, 5) is 16.5. The summed E-state index contributed by atoms with van der Waals surface area (Å²) in [5.41, 5.74) is 2.62. The van der Waals surface area contributed by atoms with Crippen molar-refractivity contribution in [3.05, 3.63) is 82.6 Å². The Hall–Kier alpha value is -3.54. The molecule has 2 heterocycles. The van der Waals surface area contributed by atoms with Crippen molar-refractivity contribution in [3.63, 3.8) is 0 Å². The second kappa shape index (κ2) is 6.16. The second-order valence-corrected chi connectivity index (χ2v) is 5.60. The van der Waals surface area contributed by atoms with Crippen LogP contribution in [0, 0.1) is 6.92 Å². The van der Waals surface area contributed by atoms with E-state index in [4.69, 9.17) is 4.52 Å². The highest BCUT2D eigenvalue weighted by molar-refractivity contribution is 5.57. The van der Waals surface area contributed by atoms with Gasteiger partial charge in [0.1, 0.15) is 0 Å². The smallest absolute Gasteiger partial charge is 0.282 e. The third kappa shape index (κ3) is 2.97. The minimum atomic E-state index is -0.271. The van der Waals surface area contributed by atoms with Crippen LogP contribution in [0.2, 0.25) is 0 Å². The maximum Gasteiger partial charge on any atom is 0.282 e. The maximum absolute atomic E-state index is 12.2. The van der Waals surface area contributed by atoms with Gasteiger partial charge in [-0.25, -0.2) is 4.68 Å². The number of hydrogen-bond donors (Lipinski definition) is 0. The van der Waals surface area contributed by atoms with Crippen LogP contribution >= 0.6 is 0 Å². The van der Waals surface area contributed by atoms with E-state index >= 15 is 0 Å². The van der Waals surface area contributed by atoms with E-state index in [1.807, 2.05) is 61.5 Å². The Morgan fingerprint density at radius 3 is 2.64 bits per heavy atom. The molecular weight excluding hydrogens is 316 g/mol. The van der Waals surface area contributed by atoms with Gasteiger partial charge < -0.3 is 4.52 Å². The molecule has 0 spiro atoms. The van der Waals surface area contributed by atoms with E-state index in [9.17, 15) is 4.79 Å². The van der Waals surface area contributed by atoms with Crippen LogP contribution in [0.4, 0.5) is 0 Å². The molecule has 2 aromatic heterocycles. The predicted molar refractivity (Wildman–Crippen MR) is 93.3 cm³/mol. The average Bonchev–Trinajstić information content (AvgIpc) is 3.13. The van der Waals surface area contributed by atoms with E-state index in [-0.39, 0.29) is 17.0 Å². The molecule has 122 valence electrons. The van der Waals surface area contributed by atoms with Crippen molar-refractivity contribution in [1.29, 1.82) is 0 Å². The van der Waals surface area contributed by atoms with Gasteiger partial charge in [0.15, 0.2) is 5.69 Å². The normalized spacial score (nSPS) is 10.8. The Balaban J connectivity index is 1.77. The minimum absolute atomic E-state index is 0.103. The summed E-state index contributed by atoms with van der Waals surface area (Å²) in [7, 11) is 0. The molecule has 2 aromatic carbocycles. The fraction of sp³-hybridized carbons (Fsp3) is 0.0526. The van der Waals surface area contributed by atoms with E-state index in [1.165, 1.54) is 6.07 Å². The van der Waals surface area contributed by atoms with Gasteiger partial charge in [-0.3, -0.25) is 4.79 Å². The van der Waals surface area contributed by atoms with Crippen LogP contribution in [0.5, 0.6) is 0 Å². The standard InChI is InChI=1S/C19H14N4O2/c1-13-6-5-9-15(12-13)23-11-10-16(24)17(21-23)19-20-18(22-25-19)14-7-3-2-4-8-14/h2-12H,1H3. The first-order valence-electron chi connectivity index (χ1n) is 7.77. The van der Waals surface area contributed by atoms with E-state index in [0.29, 0.717) is 5.82 Å². The lowest BCUT2D eigenvalue weighted by molar-refractivity contribution is 0.429. The fourth-order valence-electron chi connectivity index (χ4n) is 2.49. The highest BCUT2D eigenvalue weighted by atomic mass is 16.5. The van der Waals surface area contributed by atoms with Gasteiger partial charge in [0.25, 0.3) is 5.89 Å². The van der Waals surface area contributed by atoms with Gasteiger partial charge in [-0.1, -0.05) is 47.6 Å². The Bertz CT molecular complexity index is 1080. The van der Waals surface area contributed by atoms with E-state index < -0.39 is 0 Å². The molecule has 0 bridgehead atoms. The van der Waals surface area contributed by atoms with Crippen LogP contribution in [-0.4, -0.2) is 19.9 Å². The summed E-state index contributed by atoms with van der Waals surface area (Å²) in [6.07, 6.45) is 1.62. The second-order valence-electron chi connectivity index (χ2n) is 5.60. The van der Waals surface area contributed by atoms with Crippen LogP contribution in [0.3, 0.4) is 0 Å². The molecule has 0 saturated carbocycles. The van der Waals surface area contributed by atoms with Gasteiger partial charge in [0.05, 0.1) is 5.69 Å². The van der Waals surface area contributed by atoms with E-state index in [0.717, 1.165) is 16.8 Å². The summed E-state index contributed by atoms with van der Waals surface area (Å²) in [5, 5.41) is 8.32. The number of aromatic nitrogens is 4. The lowest BCUT2D eigenvalue weighted by Gasteiger charge is -2.06. The monoisotopic (exact) mass is 330 g/mol. The number of hydrogen-bond acceptors (Lipinski definition) is 5. The van der Waals surface area contributed by atoms with Crippen LogP contribution < -0.4 is 5.43 Å². The Morgan fingerprint density at radius 1 is 1.00 bits per heavy atom. The number of rotatable bonds is 3. The average molecular weight is 330 g/mol. The Labute approximate surface area is 143 Å². The lowest BCUT2D eigenvalue weighted by atomic mass is 10.2. The van der Waals surface area contributed by atoms with Crippen LogP contribution in [-0.2, 0) is 0 Å². The van der Waals surface area contributed by atoms with Crippen LogP contribution in [0.15, 0.2) is 76.2 Å². The van der Waals surface area contributed by atoms with Gasteiger partial charge >= 0.3 is 0 Å². The molecule has 0 atom stereocenters. The molecule has 0 aliphatic heterocycles. The van der Waals surface area contributed by atoms with Crippen molar-refractivity contribution < 1.29 is 4.52 Å². The molecule has 6 heteroatoms. The minimum Gasteiger partial charge on any atom is -0.332 e. The third-order valence-corrected chi connectivity index (χ3v) is 3.74. The first-order chi connectivity index (χ1) is 12.2. The van der Waals surface area contributed by atoms with Gasteiger partial charge in [-0.15, -0.1) is 0 Å². The number of aryl methyl sites for hydroxylation is 1. The van der Waals surface area contributed by atoms with Gasteiger partial charge in [-0.05, 0) is 24.6 Å². The molecule has 0 N–H and O–H groups in total.